The van der Waals surface area contributed by atoms with Gasteiger partial charge in [-0.1, -0.05) is 24.3 Å². The smallest absolute Gasteiger partial charge is 0.226 e. The van der Waals surface area contributed by atoms with Crippen molar-refractivity contribution in [2.75, 3.05) is 11.4 Å². The minimum atomic E-state index is 0.230. The van der Waals surface area contributed by atoms with E-state index in [1.165, 1.54) is 5.56 Å². The summed E-state index contributed by atoms with van der Waals surface area (Å²) in [5.74, 6) is 0.230. The van der Waals surface area contributed by atoms with Crippen molar-refractivity contribution < 1.29 is 4.79 Å². The normalized spacial score (nSPS) is 14.5. The number of benzene rings is 2. The largest absolute Gasteiger partial charge is 0.312 e. The highest BCUT2D eigenvalue weighted by atomic mass is 16.2. The third-order valence-electron chi connectivity index (χ3n) is 4.31. The summed E-state index contributed by atoms with van der Waals surface area (Å²) in [6.07, 6.45) is 2.75. The van der Waals surface area contributed by atoms with Crippen LogP contribution in [0.4, 0.5) is 5.69 Å². The molecule has 0 aliphatic carbocycles. The zero-order valence-corrected chi connectivity index (χ0v) is 13.7. The first-order valence-electron chi connectivity index (χ1n) is 8.35. The van der Waals surface area contributed by atoms with Gasteiger partial charge in [0.1, 0.15) is 0 Å². The Hall–Kier alpha value is -2.64. The maximum Gasteiger partial charge on any atom is 0.226 e. The molecule has 0 radical (unpaired) electrons. The second-order valence-electron chi connectivity index (χ2n) is 6.08. The Kier molecular flexibility index (Phi) is 5.25. The molecule has 1 N–H and O–H groups in total. The molecule has 1 aliphatic heterocycles. The molecule has 3 rings (SSSR count). The number of hydrogen-bond donors (Lipinski definition) is 1. The lowest BCUT2D eigenvalue weighted by molar-refractivity contribution is -0.119. The molecule has 122 valence electrons. The Labute approximate surface area is 142 Å². The predicted molar refractivity (Wildman–Crippen MR) is 94.3 cm³/mol. The van der Waals surface area contributed by atoms with Gasteiger partial charge < -0.3 is 10.2 Å². The Morgan fingerprint density at radius 3 is 2.17 bits per heavy atom. The summed E-state index contributed by atoms with van der Waals surface area (Å²) in [6.45, 7) is 2.36. The molecule has 1 fully saturated rings. The van der Waals surface area contributed by atoms with Crippen LogP contribution in [0.15, 0.2) is 48.5 Å². The quantitative estimate of drug-likeness (QED) is 0.919. The van der Waals surface area contributed by atoms with Crippen LogP contribution in [0, 0.1) is 11.3 Å². The maximum atomic E-state index is 11.9. The van der Waals surface area contributed by atoms with Gasteiger partial charge in [0.15, 0.2) is 0 Å². The molecule has 4 heteroatoms. The number of nitriles is 1. The lowest BCUT2D eigenvalue weighted by Gasteiger charge is -2.26. The van der Waals surface area contributed by atoms with Gasteiger partial charge in [0, 0.05) is 31.7 Å². The molecule has 1 aliphatic rings. The van der Waals surface area contributed by atoms with Gasteiger partial charge in [0.25, 0.3) is 0 Å². The zero-order valence-electron chi connectivity index (χ0n) is 13.7. The van der Waals surface area contributed by atoms with Gasteiger partial charge in [0.2, 0.25) is 5.91 Å². The number of piperidine rings is 1. The first-order valence-corrected chi connectivity index (χ1v) is 8.35. The summed E-state index contributed by atoms with van der Waals surface area (Å²) in [5, 5.41) is 12.2. The molecule has 0 atom stereocenters. The number of anilines is 1. The van der Waals surface area contributed by atoms with E-state index in [9.17, 15) is 4.79 Å². The van der Waals surface area contributed by atoms with Crippen molar-refractivity contribution >= 4 is 11.6 Å². The van der Waals surface area contributed by atoms with Crippen LogP contribution in [0.25, 0.3) is 0 Å². The molecule has 1 heterocycles. The summed E-state index contributed by atoms with van der Waals surface area (Å²) >= 11 is 0. The highest BCUT2D eigenvalue weighted by Crippen LogP contribution is 2.21. The number of nitrogens with one attached hydrogen (secondary N) is 1. The van der Waals surface area contributed by atoms with Gasteiger partial charge in [-0.2, -0.15) is 5.26 Å². The number of hydrogen-bond acceptors (Lipinski definition) is 3. The summed E-state index contributed by atoms with van der Waals surface area (Å²) in [5.41, 5.74) is 4.03. The lowest BCUT2D eigenvalue weighted by Crippen LogP contribution is -2.35. The molecular weight excluding hydrogens is 298 g/mol. The second kappa shape index (κ2) is 7.76. The summed E-state index contributed by atoms with van der Waals surface area (Å²) in [4.78, 5) is 13.8. The Morgan fingerprint density at radius 1 is 0.958 bits per heavy atom. The van der Waals surface area contributed by atoms with E-state index in [4.69, 9.17) is 5.26 Å². The van der Waals surface area contributed by atoms with Gasteiger partial charge in [-0.05, 0) is 48.2 Å². The van der Waals surface area contributed by atoms with Crippen molar-refractivity contribution in [2.24, 2.45) is 0 Å². The predicted octanol–water partition coefficient (Wildman–Crippen LogP) is 3.36. The fourth-order valence-corrected chi connectivity index (χ4v) is 2.92. The Balaban J connectivity index is 1.52. The number of nitrogens with zero attached hydrogens (tertiary/aromatic N) is 2. The Bertz CT molecular complexity index is 729. The summed E-state index contributed by atoms with van der Waals surface area (Å²) < 4.78 is 0. The maximum absolute atomic E-state index is 11.9. The highest BCUT2D eigenvalue weighted by Gasteiger charge is 2.19. The molecule has 0 aromatic heterocycles. The van der Waals surface area contributed by atoms with Crippen LogP contribution in [0.5, 0.6) is 0 Å². The van der Waals surface area contributed by atoms with Crippen molar-refractivity contribution in [3.05, 3.63) is 65.2 Å². The molecule has 2 aromatic carbocycles. The average molecular weight is 319 g/mol. The number of carbonyl (C=O) groups excluding carboxylic acids is 1. The monoisotopic (exact) mass is 319 g/mol. The topological polar surface area (TPSA) is 56.1 Å². The number of rotatable bonds is 5. The molecular formula is C20H21N3O. The average Bonchev–Trinajstić information content (AvgIpc) is 2.63. The van der Waals surface area contributed by atoms with Crippen LogP contribution < -0.4 is 10.2 Å². The molecule has 0 saturated carbocycles. The van der Waals surface area contributed by atoms with E-state index in [1.54, 1.807) is 0 Å². The fraction of sp³-hybridized carbons (Fsp3) is 0.300. The van der Waals surface area contributed by atoms with E-state index in [-0.39, 0.29) is 5.91 Å². The van der Waals surface area contributed by atoms with Gasteiger partial charge in [-0.15, -0.1) is 0 Å². The third kappa shape index (κ3) is 4.01. The van der Waals surface area contributed by atoms with E-state index in [0.29, 0.717) is 12.0 Å². The SMILES string of the molecule is N#Cc1ccc(CNCc2ccc(N3CCCCC3=O)cc2)cc1. The van der Waals surface area contributed by atoms with E-state index in [0.717, 1.165) is 43.7 Å². The first-order chi connectivity index (χ1) is 11.8. The molecule has 0 bridgehead atoms. The molecule has 4 nitrogen and oxygen atoms in total. The van der Waals surface area contributed by atoms with Crippen LogP contribution in [0.1, 0.15) is 36.0 Å². The van der Waals surface area contributed by atoms with Gasteiger partial charge in [-0.25, -0.2) is 0 Å². The minimum Gasteiger partial charge on any atom is -0.312 e. The first kappa shape index (κ1) is 16.2. The van der Waals surface area contributed by atoms with E-state index in [2.05, 4.69) is 23.5 Å². The van der Waals surface area contributed by atoms with E-state index < -0.39 is 0 Å². The fourth-order valence-electron chi connectivity index (χ4n) is 2.92. The second-order valence-corrected chi connectivity index (χ2v) is 6.08. The van der Waals surface area contributed by atoms with Crippen molar-refractivity contribution in [3.8, 4) is 6.07 Å². The minimum absolute atomic E-state index is 0.230. The third-order valence-corrected chi connectivity index (χ3v) is 4.31. The molecule has 24 heavy (non-hydrogen) atoms. The summed E-state index contributed by atoms with van der Waals surface area (Å²) in [6, 6.07) is 17.9. The van der Waals surface area contributed by atoms with Crippen molar-refractivity contribution in [1.82, 2.24) is 5.32 Å². The van der Waals surface area contributed by atoms with E-state index in [1.807, 2.05) is 41.3 Å². The number of amides is 1. The molecule has 1 saturated heterocycles. The molecule has 0 spiro atoms. The summed E-state index contributed by atoms with van der Waals surface area (Å²) in [7, 11) is 0. The standard InChI is InChI=1S/C20H21N3O/c21-13-16-4-6-17(7-5-16)14-22-15-18-8-10-19(11-9-18)23-12-2-1-3-20(23)24/h4-11,22H,1-3,12,14-15H2. The molecule has 0 unspecified atom stereocenters. The van der Waals surface area contributed by atoms with Gasteiger partial charge in [-0.3, -0.25) is 4.79 Å². The van der Waals surface area contributed by atoms with Crippen molar-refractivity contribution in [2.45, 2.75) is 32.4 Å². The van der Waals surface area contributed by atoms with Crippen LogP contribution >= 0.6 is 0 Å². The molecule has 1 amide bonds. The van der Waals surface area contributed by atoms with Gasteiger partial charge >= 0.3 is 0 Å². The molecule has 2 aromatic rings. The van der Waals surface area contributed by atoms with Crippen molar-refractivity contribution in [1.29, 1.82) is 5.26 Å². The van der Waals surface area contributed by atoms with Crippen LogP contribution in [-0.2, 0) is 17.9 Å². The lowest BCUT2D eigenvalue weighted by atomic mass is 10.1. The van der Waals surface area contributed by atoms with E-state index >= 15 is 0 Å². The van der Waals surface area contributed by atoms with Crippen molar-refractivity contribution in [3.63, 3.8) is 0 Å². The van der Waals surface area contributed by atoms with Crippen LogP contribution in [-0.4, -0.2) is 12.5 Å². The van der Waals surface area contributed by atoms with Gasteiger partial charge in [0.05, 0.1) is 11.6 Å². The Morgan fingerprint density at radius 2 is 1.58 bits per heavy atom. The number of carbonyl (C=O) groups is 1. The van der Waals surface area contributed by atoms with Crippen LogP contribution in [0.3, 0.4) is 0 Å². The van der Waals surface area contributed by atoms with Crippen LogP contribution in [0.2, 0.25) is 0 Å². The zero-order chi connectivity index (χ0) is 16.8. The highest BCUT2D eigenvalue weighted by molar-refractivity contribution is 5.93.